The Morgan fingerprint density at radius 3 is 2.50 bits per heavy atom. The predicted molar refractivity (Wildman–Crippen MR) is 103 cm³/mol. The van der Waals surface area contributed by atoms with E-state index in [1.807, 2.05) is 0 Å². The van der Waals surface area contributed by atoms with Gasteiger partial charge in [-0.3, -0.25) is 9.69 Å². The molecular weight excluding hydrogens is 328 g/mol. The van der Waals surface area contributed by atoms with Crippen molar-refractivity contribution in [3.05, 3.63) is 23.3 Å². The topological polar surface area (TPSA) is 42.0 Å². The van der Waals surface area contributed by atoms with Crippen LogP contribution in [0.1, 0.15) is 44.2 Å². The van der Waals surface area contributed by atoms with E-state index in [0.29, 0.717) is 24.3 Å². The zero-order chi connectivity index (χ0) is 18.7. The summed E-state index contributed by atoms with van der Waals surface area (Å²) in [7, 11) is 3.37. The summed E-state index contributed by atoms with van der Waals surface area (Å²) >= 11 is 0. The smallest absolute Gasteiger partial charge is 0.222 e. The van der Waals surface area contributed by atoms with Crippen LogP contribution in [0.25, 0.3) is 0 Å². The molecule has 1 aromatic carbocycles. The van der Waals surface area contributed by atoms with E-state index < -0.39 is 0 Å². The van der Waals surface area contributed by atoms with Crippen LogP contribution in [0, 0.1) is 5.92 Å². The SMILES string of the molecule is COc1cc2c(cc1OC)CN(C1CCCN(C(=O)CC(C)C)C1)CC2. The molecular formula is C21H32N2O3. The van der Waals surface area contributed by atoms with Crippen LogP contribution in [-0.4, -0.2) is 55.6 Å². The monoisotopic (exact) mass is 360 g/mol. The van der Waals surface area contributed by atoms with Crippen molar-refractivity contribution >= 4 is 5.91 Å². The normalized spacial score (nSPS) is 20.8. The Balaban J connectivity index is 1.69. The largest absolute Gasteiger partial charge is 0.493 e. The highest BCUT2D eigenvalue weighted by Gasteiger charge is 2.30. The Bertz CT molecular complexity index is 644. The van der Waals surface area contributed by atoms with Crippen LogP contribution in [0.15, 0.2) is 12.1 Å². The Morgan fingerprint density at radius 1 is 1.15 bits per heavy atom. The van der Waals surface area contributed by atoms with Crippen LogP contribution in [-0.2, 0) is 17.8 Å². The number of likely N-dealkylation sites (tertiary alicyclic amines) is 1. The molecule has 0 aliphatic carbocycles. The van der Waals surface area contributed by atoms with E-state index >= 15 is 0 Å². The second-order valence-corrected chi connectivity index (χ2v) is 7.93. The van der Waals surface area contributed by atoms with E-state index in [-0.39, 0.29) is 0 Å². The third kappa shape index (κ3) is 4.14. The first-order chi connectivity index (χ1) is 12.5. The molecule has 5 nitrogen and oxygen atoms in total. The molecule has 0 saturated carbocycles. The molecule has 0 aromatic heterocycles. The standard InChI is InChI=1S/C21H32N2O3/c1-15(2)10-21(24)23-8-5-6-18(14-23)22-9-7-16-11-19(25-3)20(26-4)12-17(16)13-22/h11-12,15,18H,5-10,13-14H2,1-4H3. The molecule has 1 saturated heterocycles. The van der Waals surface area contributed by atoms with E-state index in [2.05, 4.69) is 35.8 Å². The number of carbonyl (C=O) groups is 1. The van der Waals surface area contributed by atoms with Gasteiger partial charge in [0.2, 0.25) is 5.91 Å². The van der Waals surface area contributed by atoms with Crippen LogP contribution in [0.2, 0.25) is 0 Å². The van der Waals surface area contributed by atoms with Gasteiger partial charge in [-0.2, -0.15) is 0 Å². The number of amides is 1. The Labute approximate surface area is 157 Å². The van der Waals surface area contributed by atoms with E-state index in [9.17, 15) is 4.79 Å². The average molecular weight is 360 g/mol. The van der Waals surface area contributed by atoms with Crippen molar-refractivity contribution in [2.75, 3.05) is 33.9 Å². The van der Waals surface area contributed by atoms with Gasteiger partial charge in [-0.15, -0.1) is 0 Å². The number of fused-ring (bicyclic) bond motifs is 1. The second-order valence-electron chi connectivity index (χ2n) is 7.93. The zero-order valence-electron chi connectivity index (χ0n) is 16.6. The summed E-state index contributed by atoms with van der Waals surface area (Å²) in [5, 5.41) is 0. The van der Waals surface area contributed by atoms with Crippen molar-refractivity contribution in [3.63, 3.8) is 0 Å². The molecule has 0 radical (unpaired) electrons. The summed E-state index contributed by atoms with van der Waals surface area (Å²) in [6.07, 6.45) is 3.95. The molecule has 144 valence electrons. The lowest BCUT2D eigenvalue weighted by atomic mass is 9.95. The highest BCUT2D eigenvalue weighted by molar-refractivity contribution is 5.76. The highest BCUT2D eigenvalue weighted by Crippen LogP contribution is 2.34. The average Bonchev–Trinajstić information content (AvgIpc) is 2.65. The molecule has 0 bridgehead atoms. The van der Waals surface area contributed by atoms with Gasteiger partial charge < -0.3 is 14.4 Å². The van der Waals surface area contributed by atoms with Crippen LogP contribution in [0.4, 0.5) is 0 Å². The molecule has 3 rings (SSSR count). The third-order valence-corrected chi connectivity index (χ3v) is 5.60. The molecule has 0 N–H and O–H groups in total. The summed E-state index contributed by atoms with van der Waals surface area (Å²) in [6.45, 7) is 7.97. The fourth-order valence-electron chi connectivity index (χ4n) is 4.17. The van der Waals surface area contributed by atoms with Gasteiger partial charge in [-0.05, 0) is 48.4 Å². The van der Waals surface area contributed by atoms with Crippen molar-refractivity contribution in [3.8, 4) is 11.5 Å². The van der Waals surface area contributed by atoms with E-state index in [4.69, 9.17) is 9.47 Å². The molecule has 5 heteroatoms. The summed E-state index contributed by atoms with van der Waals surface area (Å²) in [5.74, 6) is 2.34. The first kappa shape index (κ1) is 19.0. The van der Waals surface area contributed by atoms with Crippen molar-refractivity contribution in [1.29, 1.82) is 0 Å². The van der Waals surface area contributed by atoms with Gasteiger partial charge in [-0.1, -0.05) is 13.8 Å². The maximum Gasteiger partial charge on any atom is 0.222 e. The molecule has 0 spiro atoms. The highest BCUT2D eigenvalue weighted by atomic mass is 16.5. The molecule has 1 unspecified atom stereocenters. The van der Waals surface area contributed by atoms with Crippen molar-refractivity contribution in [1.82, 2.24) is 9.80 Å². The lowest BCUT2D eigenvalue weighted by Crippen LogP contribution is -2.51. The van der Waals surface area contributed by atoms with E-state index in [0.717, 1.165) is 50.5 Å². The maximum atomic E-state index is 12.5. The lowest BCUT2D eigenvalue weighted by Gasteiger charge is -2.41. The Morgan fingerprint density at radius 2 is 1.85 bits per heavy atom. The Kier molecular flexibility index (Phi) is 6.07. The van der Waals surface area contributed by atoms with Crippen molar-refractivity contribution in [2.24, 2.45) is 5.92 Å². The number of piperidine rings is 1. The third-order valence-electron chi connectivity index (χ3n) is 5.60. The summed E-state index contributed by atoms with van der Waals surface area (Å²) in [6, 6.07) is 4.69. The molecule has 1 atom stereocenters. The number of carbonyl (C=O) groups excluding carboxylic acids is 1. The fraction of sp³-hybridized carbons (Fsp3) is 0.667. The summed E-state index contributed by atoms with van der Waals surface area (Å²) < 4.78 is 10.9. The van der Waals surface area contributed by atoms with Gasteiger partial charge in [0, 0.05) is 38.6 Å². The van der Waals surface area contributed by atoms with Crippen molar-refractivity contribution < 1.29 is 14.3 Å². The van der Waals surface area contributed by atoms with Gasteiger partial charge in [-0.25, -0.2) is 0 Å². The second kappa shape index (κ2) is 8.30. The van der Waals surface area contributed by atoms with E-state index in [1.165, 1.54) is 17.5 Å². The molecule has 1 fully saturated rings. The molecule has 1 amide bonds. The van der Waals surface area contributed by atoms with Gasteiger partial charge in [0.25, 0.3) is 0 Å². The predicted octanol–water partition coefficient (Wildman–Crippen LogP) is 3.10. The molecule has 2 aliphatic heterocycles. The first-order valence-electron chi connectivity index (χ1n) is 9.77. The molecule has 2 aliphatic rings. The minimum Gasteiger partial charge on any atom is -0.493 e. The van der Waals surface area contributed by atoms with Crippen LogP contribution >= 0.6 is 0 Å². The number of rotatable bonds is 5. The van der Waals surface area contributed by atoms with Crippen molar-refractivity contribution in [2.45, 2.75) is 52.1 Å². The number of nitrogens with zero attached hydrogens (tertiary/aromatic N) is 2. The summed E-state index contributed by atoms with van der Waals surface area (Å²) in [5.41, 5.74) is 2.67. The van der Waals surface area contributed by atoms with Gasteiger partial charge in [0.05, 0.1) is 14.2 Å². The number of methoxy groups -OCH3 is 2. The first-order valence-corrected chi connectivity index (χ1v) is 9.77. The van der Waals surface area contributed by atoms with Crippen LogP contribution in [0.5, 0.6) is 11.5 Å². The van der Waals surface area contributed by atoms with Gasteiger partial charge in [0.15, 0.2) is 11.5 Å². The summed E-state index contributed by atoms with van der Waals surface area (Å²) in [4.78, 5) is 17.1. The maximum absolute atomic E-state index is 12.5. The molecule has 2 heterocycles. The quantitative estimate of drug-likeness (QED) is 0.809. The van der Waals surface area contributed by atoms with Crippen LogP contribution < -0.4 is 9.47 Å². The van der Waals surface area contributed by atoms with Crippen LogP contribution in [0.3, 0.4) is 0 Å². The van der Waals surface area contributed by atoms with Gasteiger partial charge >= 0.3 is 0 Å². The van der Waals surface area contributed by atoms with E-state index in [1.54, 1.807) is 14.2 Å². The minimum absolute atomic E-state index is 0.313. The molecule has 26 heavy (non-hydrogen) atoms. The molecule has 1 aromatic rings. The number of hydrogen-bond acceptors (Lipinski definition) is 4. The lowest BCUT2D eigenvalue weighted by molar-refractivity contribution is -0.134. The number of benzene rings is 1. The number of hydrogen-bond donors (Lipinski definition) is 0. The minimum atomic E-state index is 0.313. The number of ether oxygens (including phenoxy) is 2. The zero-order valence-corrected chi connectivity index (χ0v) is 16.6. The fourth-order valence-corrected chi connectivity index (χ4v) is 4.17. The van der Waals surface area contributed by atoms with Gasteiger partial charge in [0.1, 0.15) is 0 Å². The Hall–Kier alpha value is -1.75.